The third-order valence-corrected chi connectivity index (χ3v) is 0.357. The second-order valence-corrected chi connectivity index (χ2v) is 1.53. The van der Waals surface area contributed by atoms with Crippen LogP contribution in [-0.2, 0) is 9.59 Å². The Hall–Kier alpha value is -0.100. The van der Waals surface area contributed by atoms with E-state index < -0.39 is 18.0 Å². The molecule has 0 saturated heterocycles. The molecular weight excluding hydrogens is 163 g/mol. The molecule has 6 heteroatoms. The first-order valence-corrected chi connectivity index (χ1v) is 2.48. The summed E-state index contributed by atoms with van der Waals surface area (Å²) in [5, 5.41) is 23.2. The van der Waals surface area contributed by atoms with Crippen LogP contribution in [-0.4, -0.2) is 33.4 Å². The molecule has 0 spiro atoms. The van der Waals surface area contributed by atoms with Crippen LogP contribution in [0.1, 0.15) is 15.3 Å². The summed E-state index contributed by atoms with van der Waals surface area (Å²) in [6, 6.07) is 0. The molecule has 0 aromatic heterocycles. The van der Waals surface area contributed by atoms with Gasteiger partial charge in [-0.05, 0) is 6.92 Å². The number of carboxylic acids is 2. The van der Waals surface area contributed by atoms with Crippen molar-refractivity contribution in [2.75, 3.05) is 0 Å². The molecule has 0 bridgehead atoms. The van der Waals surface area contributed by atoms with Gasteiger partial charge < -0.3 is 16.7 Å². The van der Waals surface area contributed by atoms with Crippen LogP contribution >= 0.6 is 0 Å². The molecule has 0 amide bonds. The molecule has 3 N–H and O–H groups in total. The van der Waals surface area contributed by atoms with E-state index in [-0.39, 0.29) is 31.0 Å². The molecule has 0 rings (SSSR count). The van der Waals surface area contributed by atoms with Gasteiger partial charge in [0, 0.05) is 6.92 Å². The van der Waals surface area contributed by atoms with Crippen LogP contribution in [0.5, 0.6) is 0 Å². The average molecular weight is 174 g/mol. The number of carbonyl (C=O) groups is 2. The van der Waals surface area contributed by atoms with Gasteiger partial charge in [0.25, 0.3) is 5.97 Å². The first-order valence-electron chi connectivity index (χ1n) is 2.48. The Bertz CT molecular complexity index is 123. The van der Waals surface area contributed by atoms with Gasteiger partial charge in [-0.15, -0.1) is 0 Å². The van der Waals surface area contributed by atoms with E-state index in [1.807, 2.05) is 0 Å². The summed E-state index contributed by atoms with van der Waals surface area (Å²) in [5.41, 5.74) is 0. The normalized spacial score (nSPS) is 9.73. The fourth-order valence-electron chi connectivity index (χ4n) is 0. The molecule has 0 aromatic carbocycles. The van der Waals surface area contributed by atoms with Crippen LogP contribution < -0.4 is 29.6 Å². The van der Waals surface area contributed by atoms with Crippen LogP contribution in [0.15, 0.2) is 0 Å². The molecule has 11 heavy (non-hydrogen) atoms. The maximum absolute atomic E-state index is 9.45. The largest absolute Gasteiger partial charge is 1.00 e. The zero-order chi connectivity index (χ0) is 8.73. The predicted molar refractivity (Wildman–Crippen MR) is 33.7 cm³/mol. The summed E-state index contributed by atoms with van der Waals surface area (Å²) in [4.78, 5) is 18.4. The minimum absolute atomic E-state index is 0. The van der Waals surface area contributed by atoms with Crippen LogP contribution in [0.3, 0.4) is 0 Å². The molecule has 0 saturated carbocycles. The van der Waals surface area contributed by atoms with Crippen molar-refractivity contribution in [2.45, 2.75) is 20.0 Å². The molecule has 0 aliphatic carbocycles. The molecule has 0 radical (unpaired) electrons. The zero-order valence-electron chi connectivity index (χ0n) is 7.74. The van der Waals surface area contributed by atoms with E-state index in [2.05, 4.69) is 0 Å². The van der Waals surface area contributed by atoms with Crippen molar-refractivity contribution in [3.63, 3.8) is 0 Å². The van der Waals surface area contributed by atoms with Gasteiger partial charge in [-0.1, -0.05) is 0 Å². The molecule has 62 valence electrons. The van der Waals surface area contributed by atoms with Gasteiger partial charge in [0.15, 0.2) is 0 Å². The third kappa shape index (κ3) is 40.6. The number of hydrogen-bond donors (Lipinski definition) is 3. The molecule has 0 aliphatic heterocycles. The van der Waals surface area contributed by atoms with E-state index in [1.165, 1.54) is 6.92 Å². The topological polar surface area (TPSA) is 94.8 Å². The summed E-state index contributed by atoms with van der Waals surface area (Å²) < 4.78 is 0. The first kappa shape index (κ1) is 17.1. The van der Waals surface area contributed by atoms with Crippen LogP contribution in [0, 0.1) is 0 Å². The van der Waals surface area contributed by atoms with Gasteiger partial charge in [-0.2, -0.15) is 0 Å². The SMILES string of the molecule is CC(=O)O.CC(O)C(=O)O.[H-].[Na+]. The maximum atomic E-state index is 9.45. The predicted octanol–water partition coefficient (Wildman–Crippen LogP) is -3.34. The molecule has 0 aliphatic rings. The Morgan fingerprint density at radius 1 is 1.36 bits per heavy atom. The van der Waals surface area contributed by atoms with Crippen molar-refractivity contribution in [3.05, 3.63) is 0 Å². The van der Waals surface area contributed by atoms with Crippen molar-refractivity contribution in [1.82, 2.24) is 0 Å². The standard InChI is InChI=1S/C3H6O3.C2H4O2.Na.H/c1-2(4)3(5)6;1-2(3)4;;/h2,4H,1H3,(H,5,6);1H3,(H,3,4);;/q;;+1;-1. The van der Waals surface area contributed by atoms with E-state index in [0.29, 0.717) is 0 Å². The number of rotatable bonds is 1. The number of hydrogen-bond acceptors (Lipinski definition) is 3. The second-order valence-electron chi connectivity index (χ2n) is 1.53. The zero-order valence-corrected chi connectivity index (χ0v) is 8.74. The number of carboxylic acid groups (broad SMARTS) is 2. The van der Waals surface area contributed by atoms with E-state index in [4.69, 9.17) is 20.1 Å². The smallest absolute Gasteiger partial charge is 1.00 e. The molecule has 0 aromatic rings. The molecule has 1 atom stereocenters. The third-order valence-electron chi connectivity index (χ3n) is 0.357. The monoisotopic (exact) mass is 174 g/mol. The maximum Gasteiger partial charge on any atom is 1.00 e. The van der Waals surface area contributed by atoms with E-state index in [1.54, 1.807) is 0 Å². The Morgan fingerprint density at radius 2 is 1.45 bits per heavy atom. The van der Waals surface area contributed by atoms with Crippen molar-refractivity contribution in [1.29, 1.82) is 0 Å². The van der Waals surface area contributed by atoms with Crippen LogP contribution in [0.25, 0.3) is 0 Å². The van der Waals surface area contributed by atoms with Gasteiger partial charge in [-0.25, -0.2) is 4.79 Å². The van der Waals surface area contributed by atoms with Gasteiger partial charge in [0.1, 0.15) is 6.10 Å². The summed E-state index contributed by atoms with van der Waals surface area (Å²) in [6.07, 6.45) is -1.23. The van der Waals surface area contributed by atoms with E-state index >= 15 is 0 Å². The van der Waals surface area contributed by atoms with Crippen LogP contribution in [0.2, 0.25) is 0 Å². The average Bonchev–Trinajstić information content (AvgIpc) is 1.63. The summed E-state index contributed by atoms with van der Waals surface area (Å²) >= 11 is 0. The van der Waals surface area contributed by atoms with Crippen molar-refractivity contribution < 1.29 is 55.9 Å². The molecular formula is C5H11NaO5. The van der Waals surface area contributed by atoms with Crippen molar-refractivity contribution in [3.8, 4) is 0 Å². The van der Waals surface area contributed by atoms with Crippen LogP contribution in [0.4, 0.5) is 0 Å². The fraction of sp³-hybridized carbons (Fsp3) is 0.600. The molecule has 5 nitrogen and oxygen atoms in total. The second kappa shape index (κ2) is 9.90. The number of aliphatic hydroxyl groups excluding tert-OH is 1. The van der Waals surface area contributed by atoms with E-state index in [9.17, 15) is 4.79 Å². The van der Waals surface area contributed by atoms with E-state index in [0.717, 1.165) is 6.92 Å². The molecule has 0 heterocycles. The van der Waals surface area contributed by atoms with Gasteiger partial charge in [-0.3, -0.25) is 4.79 Å². The quantitative estimate of drug-likeness (QED) is 0.361. The minimum Gasteiger partial charge on any atom is -1.00 e. The fourth-order valence-corrected chi connectivity index (χ4v) is 0. The Kier molecular flexibility index (Phi) is 15.4. The van der Waals surface area contributed by atoms with Gasteiger partial charge >= 0.3 is 35.5 Å². The Balaban J connectivity index is -0.0000000483. The number of aliphatic carboxylic acids is 2. The minimum atomic E-state index is -1.23. The van der Waals surface area contributed by atoms with Crippen molar-refractivity contribution >= 4 is 11.9 Å². The molecule has 0 fully saturated rings. The Morgan fingerprint density at radius 3 is 1.45 bits per heavy atom. The number of aliphatic hydroxyl groups is 1. The van der Waals surface area contributed by atoms with Gasteiger partial charge in [0.05, 0.1) is 0 Å². The Labute approximate surface area is 87.8 Å². The summed E-state index contributed by atoms with van der Waals surface area (Å²) in [7, 11) is 0. The molecule has 1 unspecified atom stereocenters. The summed E-state index contributed by atoms with van der Waals surface area (Å²) in [5.74, 6) is -2.02. The first-order chi connectivity index (χ1) is 4.37. The van der Waals surface area contributed by atoms with Gasteiger partial charge in [0.2, 0.25) is 0 Å². The van der Waals surface area contributed by atoms with Crippen molar-refractivity contribution in [2.24, 2.45) is 0 Å². The summed E-state index contributed by atoms with van der Waals surface area (Å²) in [6.45, 7) is 2.28.